The molecule has 0 atom stereocenters. The van der Waals surface area contributed by atoms with Crippen molar-refractivity contribution in [3.05, 3.63) is 34.9 Å². The Labute approximate surface area is 169 Å². The number of carbonyl (C=O) groups excluding carboxylic acids is 3. The molecule has 1 aromatic rings. The number of ether oxygens (including phenoxy) is 2. The van der Waals surface area contributed by atoms with Gasteiger partial charge in [0, 0.05) is 19.2 Å². The number of hydrogen-bond donors (Lipinski definition) is 1. The van der Waals surface area contributed by atoms with Crippen molar-refractivity contribution in [1.82, 2.24) is 10.2 Å². The SMILES string of the molecule is CCOC(=O)CN(CCCNC(=O)OC(C)(C)C)C(=O)c1cc(C)c(F)cc1F. The maximum absolute atomic E-state index is 14.1. The van der Waals surface area contributed by atoms with Gasteiger partial charge in [-0.15, -0.1) is 0 Å². The fraction of sp³-hybridized carbons (Fsp3) is 0.550. The number of amides is 2. The van der Waals surface area contributed by atoms with Crippen LogP contribution in [0.5, 0.6) is 0 Å². The molecule has 2 amide bonds. The number of esters is 1. The number of benzene rings is 1. The van der Waals surface area contributed by atoms with Crippen molar-refractivity contribution in [3.63, 3.8) is 0 Å². The lowest BCUT2D eigenvalue weighted by molar-refractivity contribution is -0.143. The molecule has 0 aliphatic rings. The van der Waals surface area contributed by atoms with Crippen LogP contribution in [0.1, 0.15) is 50.0 Å². The average Bonchev–Trinajstić information content (AvgIpc) is 2.59. The molecule has 0 bridgehead atoms. The van der Waals surface area contributed by atoms with Crippen molar-refractivity contribution >= 4 is 18.0 Å². The highest BCUT2D eigenvalue weighted by atomic mass is 19.1. The first kappa shape index (κ1) is 24.3. The highest BCUT2D eigenvalue weighted by molar-refractivity contribution is 5.96. The van der Waals surface area contributed by atoms with Crippen LogP contribution < -0.4 is 5.32 Å². The molecule has 1 N–H and O–H groups in total. The van der Waals surface area contributed by atoms with E-state index in [1.165, 1.54) is 6.92 Å². The maximum atomic E-state index is 14.1. The van der Waals surface area contributed by atoms with E-state index >= 15 is 0 Å². The highest BCUT2D eigenvalue weighted by Gasteiger charge is 2.23. The molecule has 1 aromatic carbocycles. The molecule has 0 heterocycles. The van der Waals surface area contributed by atoms with Crippen molar-refractivity contribution < 1.29 is 32.6 Å². The zero-order chi connectivity index (χ0) is 22.2. The summed E-state index contributed by atoms with van der Waals surface area (Å²) in [5.41, 5.74) is -0.876. The quantitative estimate of drug-likeness (QED) is 0.522. The predicted octanol–water partition coefficient (Wildman–Crippen LogP) is 3.19. The van der Waals surface area contributed by atoms with E-state index in [4.69, 9.17) is 9.47 Å². The van der Waals surface area contributed by atoms with Crippen molar-refractivity contribution in [1.29, 1.82) is 0 Å². The van der Waals surface area contributed by atoms with Crippen LogP contribution >= 0.6 is 0 Å². The molecule has 0 radical (unpaired) electrons. The van der Waals surface area contributed by atoms with Gasteiger partial charge in [0.15, 0.2) is 0 Å². The van der Waals surface area contributed by atoms with Crippen LogP contribution in [0.3, 0.4) is 0 Å². The Balaban J connectivity index is 2.81. The first-order valence-electron chi connectivity index (χ1n) is 9.32. The standard InChI is InChI=1S/C20H28F2N2O5/c1-6-28-17(25)12-24(9-7-8-23-19(27)29-20(3,4)5)18(26)14-10-13(2)15(21)11-16(14)22/h10-11H,6-9,12H2,1-5H3,(H,23,27). The molecule has 29 heavy (non-hydrogen) atoms. The summed E-state index contributed by atoms with van der Waals surface area (Å²) in [5, 5.41) is 2.54. The summed E-state index contributed by atoms with van der Waals surface area (Å²) in [5.74, 6) is -3.20. The largest absolute Gasteiger partial charge is 0.465 e. The van der Waals surface area contributed by atoms with Crippen LogP contribution in [0, 0.1) is 18.6 Å². The molecule has 0 aliphatic heterocycles. The zero-order valence-corrected chi connectivity index (χ0v) is 17.4. The van der Waals surface area contributed by atoms with Gasteiger partial charge in [-0.25, -0.2) is 13.6 Å². The maximum Gasteiger partial charge on any atom is 0.407 e. The molecule has 0 saturated heterocycles. The number of aryl methyl sites for hydroxylation is 1. The van der Waals surface area contributed by atoms with Crippen molar-refractivity contribution in [2.75, 3.05) is 26.2 Å². The van der Waals surface area contributed by atoms with Gasteiger partial charge < -0.3 is 19.7 Å². The van der Waals surface area contributed by atoms with Gasteiger partial charge in [0.25, 0.3) is 5.91 Å². The summed E-state index contributed by atoms with van der Waals surface area (Å²) < 4.78 is 37.5. The summed E-state index contributed by atoms with van der Waals surface area (Å²) in [7, 11) is 0. The summed E-state index contributed by atoms with van der Waals surface area (Å²) in [6.07, 6.45) is -0.326. The number of hydrogen-bond acceptors (Lipinski definition) is 5. The number of nitrogens with one attached hydrogen (secondary N) is 1. The van der Waals surface area contributed by atoms with E-state index in [1.807, 2.05) is 0 Å². The molecular weight excluding hydrogens is 386 g/mol. The average molecular weight is 414 g/mol. The van der Waals surface area contributed by atoms with E-state index in [0.717, 1.165) is 11.0 Å². The van der Waals surface area contributed by atoms with Crippen LogP contribution in [0.4, 0.5) is 13.6 Å². The predicted molar refractivity (Wildman–Crippen MR) is 102 cm³/mol. The van der Waals surface area contributed by atoms with E-state index in [0.29, 0.717) is 6.07 Å². The Bertz CT molecular complexity index is 747. The van der Waals surface area contributed by atoms with Gasteiger partial charge in [-0.3, -0.25) is 9.59 Å². The number of halogens is 2. The van der Waals surface area contributed by atoms with Gasteiger partial charge >= 0.3 is 12.1 Å². The van der Waals surface area contributed by atoms with Crippen LogP contribution in [-0.4, -0.2) is 54.7 Å². The minimum absolute atomic E-state index is 0.0449. The first-order valence-corrected chi connectivity index (χ1v) is 9.32. The Kier molecular flexibility index (Phi) is 9.00. The third-order valence-electron chi connectivity index (χ3n) is 3.66. The normalized spacial score (nSPS) is 11.0. The summed E-state index contributed by atoms with van der Waals surface area (Å²) in [4.78, 5) is 37.3. The minimum atomic E-state index is -1.01. The third kappa shape index (κ3) is 8.45. The smallest absolute Gasteiger partial charge is 0.407 e. The van der Waals surface area contributed by atoms with E-state index in [9.17, 15) is 23.2 Å². The van der Waals surface area contributed by atoms with E-state index in [1.54, 1.807) is 27.7 Å². The first-order chi connectivity index (χ1) is 13.4. The van der Waals surface area contributed by atoms with Crippen molar-refractivity contribution in [3.8, 4) is 0 Å². The lowest BCUT2D eigenvalue weighted by Crippen LogP contribution is -2.39. The molecule has 0 unspecified atom stereocenters. The molecule has 0 spiro atoms. The van der Waals surface area contributed by atoms with E-state index in [2.05, 4.69) is 5.32 Å². The number of nitrogens with zero attached hydrogens (tertiary/aromatic N) is 1. The van der Waals surface area contributed by atoms with E-state index < -0.39 is 41.7 Å². The van der Waals surface area contributed by atoms with Gasteiger partial charge in [-0.2, -0.15) is 0 Å². The topological polar surface area (TPSA) is 84.9 Å². The van der Waals surface area contributed by atoms with Gasteiger partial charge in [0.2, 0.25) is 0 Å². The van der Waals surface area contributed by atoms with Crippen molar-refractivity contribution in [2.24, 2.45) is 0 Å². The lowest BCUT2D eigenvalue weighted by Gasteiger charge is -2.23. The summed E-state index contributed by atoms with van der Waals surface area (Å²) in [6, 6.07) is 1.74. The second kappa shape index (κ2) is 10.7. The Morgan fingerprint density at radius 3 is 2.38 bits per heavy atom. The Morgan fingerprint density at radius 2 is 1.79 bits per heavy atom. The highest BCUT2D eigenvalue weighted by Crippen LogP contribution is 2.16. The summed E-state index contributed by atoms with van der Waals surface area (Å²) in [6.45, 7) is 8.17. The van der Waals surface area contributed by atoms with Gasteiger partial charge in [0.1, 0.15) is 23.8 Å². The van der Waals surface area contributed by atoms with Crippen LogP contribution in [-0.2, 0) is 14.3 Å². The molecule has 9 heteroatoms. The number of carbonyl (C=O) groups is 3. The molecular formula is C20H28F2N2O5. The molecule has 0 saturated carbocycles. The molecule has 0 aromatic heterocycles. The van der Waals surface area contributed by atoms with Crippen LogP contribution in [0.2, 0.25) is 0 Å². The fourth-order valence-electron chi connectivity index (χ4n) is 2.38. The second-order valence-electron chi connectivity index (χ2n) is 7.40. The van der Waals surface area contributed by atoms with E-state index in [-0.39, 0.29) is 37.2 Å². The second-order valence-corrected chi connectivity index (χ2v) is 7.40. The van der Waals surface area contributed by atoms with Gasteiger partial charge in [-0.1, -0.05) is 0 Å². The molecule has 1 rings (SSSR count). The lowest BCUT2D eigenvalue weighted by atomic mass is 10.1. The number of alkyl carbamates (subject to hydrolysis) is 1. The molecule has 162 valence electrons. The van der Waals surface area contributed by atoms with Crippen LogP contribution in [0.25, 0.3) is 0 Å². The van der Waals surface area contributed by atoms with Gasteiger partial charge in [0.05, 0.1) is 12.2 Å². The third-order valence-corrected chi connectivity index (χ3v) is 3.66. The zero-order valence-electron chi connectivity index (χ0n) is 17.4. The van der Waals surface area contributed by atoms with Gasteiger partial charge in [-0.05, 0) is 52.7 Å². The Morgan fingerprint density at radius 1 is 1.14 bits per heavy atom. The minimum Gasteiger partial charge on any atom is -0.465 e. The Hall–Kier alpha value is -2.71. The van der Waals surface area contributed by atoms with Crippen LogP contribution in [0.15, 0.2) is 12.1 Å². The van der Waals surface area contributed by atoms with Crippen molar-refractivity contribution in [2.45, 2.75) is 46.6 Å². The summed E-state index contributed by atoms with van der Waals surface area (Å²) >= 11 is 0. The molecule has 0 aliphatic carbocycles. The number of rotatable bonds is 8. The monoisotopic (exact) mass is 414 g/mol. The molecule has 7 nitrogen and oxygen atoms in total. The fourth-order valence-corrected chi connectivity index (χ4v) is 2.38. The molecule has 0 fully saturated rings.